The molecule has 0 radical (unpaired) electrons. The van der Waals surface area contributed by atoms with Gasteiger partial charge < -0.3 is 22.6 Å². The second kappa shape index (κ2) is 8.73. The molecule has 0 aliphatic carbocycles. The van der Waals surface area contributed by atoms with E-state index in [0.717, 1.165) is 22.3 Å². The average molecular weight is 473 g/mol. The number of nitrogens with zero attached hydrogens (tertiary/aromatic N) is 5. The zero-order chi connectivity index (χ0) is 22.3. The van der Waals surface area contributed by atoms with Crippen molar-refractivity contribution in [2.45, 2.75) is 18.7 Å². The number of aryl methyl sites for hydroxylation is 3. The second-order valence-electron chi connectivity index (χ2n) is 7.36. The summed E-state index contributed by atoms with van der Waals surface area (Å²) in [6.07, 6.45) is 1.64. The number of aromatic nitrogens is 4. The Morgan fingerprint density at radius 1 is 1.09 bits per heavy atom. The summed E-state index contributed by atoms with van der Waals surface area (Å²) in [5.41, 5.74) is 4.05. The zero-order valence-electron chi connectivity index (χ0n) is 18.0. The van der Waals surface area contributed by atoms with Crippen LogP contribution in [0.1, 0.15) is 11.3 Å². The van der Waals surface area contributed by atoms with Crippen LogP contribution in [-0.2, 0) is 17.1 Å². The molecule has 0 aliphatic rings. The number of anilines is 4. The number of rotatable bonds is 5. The molecule has 4 rings (SSSR count). The molecule has 3 N–H and O–H groups in total. The molecule has 0 unspecified atom stereocenters. The fraction of sp³-hybridized carbons (Fsp3) is 0.190. The maximum absolute atomic E-state index is 11.8. The largest absolute Gasteiger partial charge is 1.00 e. The SMILES string of the molecule is Cc1ccc(Nc2nccc(N(C)c3ccc4c(C)n(C)nc4c3)n2)cc1S(N)(=O)=O.[Cl-]. The van der Waals surface area contributed by atoms with Crippen LogP contribution in [0, 0.1) is 13.8 Å². The molecule has 0 fully saturated rings. The molecule has 4 aromatic rings. The molecule has 11 heteroatoms. The number of hydrogen-bond donors (Lipinski definition) is 2. The standard InChI is InChI=1S/C21H23N7O2S.ClH/c1-13-5-6-15(11-19(13)31(22,29)30)24-21-23-10-9-20(25-21)27(3)16-7-8-17-14(2)28(4)26-18(17)12-16;/h5-12H,1-4H3,(H2,22,29,30)(H,23,24,25);1H/p-1. The summed E-state index contributed by atoms with van der Waals surface area (Å²) in [5, 5.41) is 14.0. The van der Waals surface area contributed by atoms with Gasteiger partial charge in [-0.05, 0) is 55.8 Å². The van der Waals surface area contributed by atoms with Gasteiger partial charge in [0.2, 0.25) is 16.0 Å². The van der Waals surface area contributed by atoms with E-state index in [9.17, 15) is 8.42 Å². The third kappa shape index (κ3) is 4.52. The van der Waals surface area contributed by atoms with E-state index in [4.69, 9.17) is 5.14 Å². The van der Waals surface area contributed by atoms with Crippen LogP contribution in [0.2, 0.25) is 0 Å². The molecule has 168 valence electrons. The van der Waals surface area contributed by atoms with Gasteiger partial charge in [0.1, 0.15) is 5.82 Å². The van der Waals surface area contributed by atoms with Crippen molar-refractivity contribution in [3.63, 3.8) is 0 Å². The molecule has 0 amide bonds. The van der Waals surface area contributed by atoms with E-state index in [1.807, 2.05) is 48.8 Å². The highest BCUT2D eigenvalue weighted by atomic mass is 35.5. The Morgan fingerprint density at radius 3 is 2.56 bits per heavy atom. The van der Waals surface area contributed by atoms with E-state index in [1.165, 1.54) is 6.07 Å². The first-order chi connectivity index (χ1) is 14.6. The van der Waals surface area contributed by atoms with Crippen LogP contribution in [0.15, 0.2) is 53.6 Å². The van der Waals surface area contributed by atoms with E-state index in [1.54, 1.807) is 31.3 Å². The van der Waals surface area contributed by atoms with Crippen LogP contribution in [0.5, 0.6) is 0 Å². The number of primary sulfonamides is 1. The summed E-state index contributed by atoms with van der Waals surface area (Å²) >= 11 is 0. The molecule has 32 heavy (non-hydrogen) atoms. The first-order valence-electron chi connectivity index (χ1n) is 9.54. The third-order valence-corrected chi connectivity index (χ3v) is 6.29. The van der Waals surface area contributed by atoms with E-state index in [-0.39, 0.29) is 17.3 Å². The summed E-state index contributed by atoms with van der Waals surface area (Å²) in [7, 11) is 0.0129. The lowest BCUT2D eigenvalue weighted by atomic mass is 10.2. The number of fused-ring (bicyclic) bond motifs is 1. The highest BCUT2D eigenvalue weighted by Crippen LogP contribution is 2.28. The number of halogens is 1. The topological polar surface area (TPSA) is 119 Å². The van der Waals surface area contributed by atoms with E-state index in [2.05, 4.69) is 20.4 Å². The van der Waals surface area contributed by atoms with Crippen molar-refractivity contribution >= 4 is 44.1 Å². The van der Waals surface area contributed by atoms with Crippen LogP contribution in [0.25, 0.3) is 10.9 Å². The van der Waals surface area contributed by atoms with Crippen molar-refractivity contribution in [3.05, 3.63) is 59.9 Å². The number of nitrogens with two attached hydrogens (primary N) is 1. The van der Waals surface area contributed by atoms with Crippen molar-refractivity contribution in [1.82, 2.24) is 19.7 Å². The minimum Gasteiger partial charge on any atom is -1.00 e. The molecule has 0 saturated carbocycles. The molecule has 0 atom stereocenters. The van der Waals surface area contributed by atoms with Crippen LogP contribution in [0.4, 0.5) is 23.1 Å². The van der Waals surface area contributed by atoms with Gasteiger partial charge in [-0.3, -0.25) is 4.68 Å². The number of hydrogen-bond acceptors (Lipinski definition) is 7. The summed E-state index contributed by atoms with van der Waals surface area (Å²) in [4.78, 5) is 10.8. The van der Waals surface area contributed by atoms with E-state index in [0.29, 0.717) is 23.0 Å². The Labute approximate surface area is 192 Å². The first-order valence-corrected chi connectivity index (χ1v) is 11.1. The smallest absolute Gasteiger partial charge is 0.238 e. The molecule has 0 saturated heterocycles. The van der Waals surface area contributed by atoms with Gasteiger partial charge >= 0.3 is 0 Å². The van der Waals surface area contributed by atoms with E-state index < -0.39 is 10.0 Å². The zero-order valence-corrected chi connectivity index (χ0v) is 19.6. The Bertz CT molecular complexity index is 1400. The van der Waals surface area contributed by atoms with Crippen molar-refractivity contribution in [2.24, 2.45) is 12.2 Å². The normalized spacial score (nSPS) is 11.3. The minimum atomic E-state index is -3.82. The van der Waals surface area contributed by atoms with Gasteiger partial charge in [-0.2, -0.15) is 10.1 Å². The number of benzene rings is 2. The summed E-state index contributed by atoms with van der Waals surface area (Å²) < 4.78 is 25.4. The Balaban J connectivity index is 0.00000289. The van der Waals surface area contributed by atoms with Gasteiger partial charge in [0, 0.05) is 42.7 Å². The fourth-order valence-corrected chi connectivity index (χ4v) is 4.18. The van der Waals surface area contributed by atoms with Crippen molar-refractivity contribution in [2.75, 3.05) is 17.3 Å². The highest BCUT2D eigenvalue weighted by molar-refractivity contribution is 7.89. The molecular weight excluding hydrogens is 450 g/mol. The monoisotopic (exact) mass is 472 g/mol. The molecule has 2 aromatic heterocycles. The number of sulfonamides is 1. The molecule has 0 spiro atoms. The first kappa shape index (κ1) is 23.5. The van der Waals surface area contributed by atoms with Crippen LogP contribution in [0.3, 0.4) is 0 Å². The average Bonchev–Trinajstić information content (AvgIpc) is 3.01. The summed E-state index contributed by atoms with van der Waals surface area (Å²) in [6, 6.07) is 12.8. The Kier molecular flexibility index (Phi) is 6.40. The lowest BCUT2D eigenvalue weighted by molar-refractivity contribution is -0.00000931. The molecule has 9 nitrogen and oxygen atoms in total. The summed E-state index contributed by atoms with van der Waals surface area (Å²) in [6.45, 7) is 3.73. The lowest BCUT2D eigenvalue weighted by Gasteiger charge is -2.19. The highest BCUT2D eigenvalue weighted by Gasteiger charge is 2.14. The quantitative estimate of drug-likeness (QED) is 0.424. The third-order valence-electron chi connectivity index (χ3n) is 5.24. The van der Waals surface area contributed by atoms with Gasteiger partial charge in [0.05, 0.1) is 10.4 Å². The maximum Gasteiger partial charge on any atom is 0.238 e. The molecule has 0 aliphatic heterocycles. The van der Waals surface area contributed by atoms with Gasteiger partial charge in [-0.25, -0.2) is 18.5 Å². The van der Waals surface area contributed by atoms with Gasteiger partial charge in [-0.1, -0.05) is 6.07 Å². The lowest BCUT2D eigenvalue weighted by Crippen LogP contribution is -3.00. The van der Waals surface area contributed by atoms with Crippen LogP contribution in [-0.4, -0.2) is 35.2 Å². The molecule has 2 heterocycles. The summed E-state index contributed by atoms with van der Waals surface area (Å²) in [5.74, 6) is 1.01. The van der Waals surface area contributed by atoms with Gasteiger partial charge in [0.25, 0.3) is 0 Å². The van der Waals surface area contributed by atoms with Crippen LogP contribution < -0.4 is 27.8 Å². The molecular formula is C21H23ClN7O2S-. The fourth-order valence-electron chi connectivity index (χ4n) is 3.37. The molecule has 2 aromatic carbocycles. The Morgan fingerprint density at radius 2 is 1.84 bits per heavy atom. The van der Waals surface area contributed by atoms with E-state index >= 15 is 0 Å². The van der Waals surface area contributed by atoms with Crippen molar-refractivity contribution in [3.8, 4) is 0 Å². The predicted octanol–water partition coefficient (Wildman–Crippen LogP) is 0.143. The van der Waals surface area contributed by atoms with Crippen molar-refractivity contribution in [1.29, 1.82) is 0 Å². The predicted molar refractivity (Wildman–Crippen MR) is 121 cm³/mol. The van der Waals surface area contributed by atoms with Crippen molar-refractivity contribution < 1.29 is 20.8 Å². The van der Waals surface area contributed by atoms with Gasteiger partial charge in [0.15, 0.2) is 0 Å². The maximum atomic E-state index is 11.8. The minimum absolute atomic E-state index is 0. The number of nitrogens with one attached hydrogen (secondary N) is 1. The Hall–Kier alpha value is -3.21. The second-order valence-corrected chi connectivity index (χ2v) is 8.89. The molecule has 0 bridgehead atoms. The van der Waals surface area contributed by atoms with Gasteiger partial charge in [-0.15, -0.1) is 0 Å². The van der Waals surface area contributed by atoms with Crippen LogP contribution >= 0.6 is 0 Å².